The van der Waals surface area contributed by atoms with Gasteiger partial charge in [-0.05, 0) is 42.2 Å². The van der Waals surface area contributed by atoms with Gasteiger partial charge in [0.2, 0.25) is 5.91 Å². The van der Waals surface area contributed by atoms with Crippen molar-refractivity contribution in [1.29, 1.82) is 0 Å². The summed E-state index contributed by atoms with van der Waals surface area (Å²) in [6.45, 7) is 1.97. The number of hydrogen-bond acceptors (Lipinski definition) is 3. The molecule has 3 heterocycles. The van der Waals surface area contributed by atoms with E-state index in [1.165, 1.54) is 0 Å². The average molecular weight is 362 g/mol. The molecule has 5 rings (SSSR count). The molecule has 138 valence electrons. The van der Waals surface area contributed by atoms with Gasteiger partial charge in [0, 0.05) is 23.6 Å². The third-order valence-electron chi connectivity index (χ3n) is 5.54. The topological polar surface area (TPSA) is 54.6 Å². The number of ether oxygens (including phenoxy) is 2. The lowest BCUT2D eigenvalue weighted by molar-refractivity contribution is -0.131. The molecule has 0 aliphatic carbocycles. The second kappa shape index (κ2) is 6.65. The van der Waals surface area contributed by atoms with Gasteiger partial charge in [0.05, 0.1) is 12.5 Å². The molecule has 2 aliphatic rings. The molecule has 0 radical (unpaired) electrons. The molecule has 1 fully saturated rings. The highest BCUT2D eigenvalue weighted by atomic mass is 16.6. The van der Waals surface area contributed by atoms with Crippen molar-refractivity contribution in [3.8, 4) is 11.5 Å². The van der Waals surface area contributed by atoms with Gasteiger partial charge in [0.15, 0.2) is 11.5 Å². The predicted molar refractivity (Wildman–Crippen MR) is 103 cm³/mol. The second-order valence-corrected chi connectivity index (χ2v) is 7.18. The number of nitrogens with one attached hydrogen (secondary N) is 1. The minimum Gasteiger partial charge on any atom is -0.486 e. The molecule has 1 aromatic heterocycles. The Labute approximate surface area is 157 Å². The lowest BCUT2D eigenvalue weighted by Gasteiger charge is -2.27. The van der Waals surface area contributed by atoms with Crippen molar-refractivity contribution in [2.45, 2.75) is 25.3 Å². The first-order valence-corrected chi connectivity index (χ1v) is 9.53. The number of nitrogens with zero attached hydrogens (tertiary/aromatic N) is 1. The Balaban J connectivity index is 1.38. The average Bonchev–Trinajstić information content (AvgIpc) is 3.35. The third-order valence-corrected chi connectivity index (χ3v) is 5.54. The van der Waals surface area contributed by atoms with E-state index in [-0.39, 0.29) is 11.9 Å². The number of carbonyl (C=O) groups is 1. The van der Waals surface area contributed by atoms with Crippen LogP contribution in [-0.2, 0) is 11.2 Å². The Hall–Kier alpha value is -2.95. The highest BCUT2D eigenvalue weighted by Gasteiger charge is 2.31. The van der Waals surface area contributed by atoms with E-state index in [1.54, 1.807) is 0 Å². The number of para-hydroxylation sites is 1. The summed E-state index contributed by atoms with van der Waals surface area (Å²) in [4.78, 5) is 18.4. The largest absolute Gasteiger partial charge is 0.486 e. The van der Waals surface area contributed by atoms with Crippen LogP contribution < -0.4 is 9.47 Å². The molecule has 5 heteroatoms. The first-order valence-electron chi connectivity index (χ1n) is 9.53. The Morgan fingerprint density at radius 2 is 1.96 bits per heavy atom. The third kappa shape index (κ3) is 2.93. The molecule has 0 spiro atoms. The van der Waals surface area contributed by atoms with Gasteiger partial charge in [-0.3, -0.25) is 4.79 Å². The quantitative estimate of drug-likeness (QED) is 0.770. The van der Waals surface area contributed by atoms with Crippen LogP contribution in [0.2, 0.25) is 0 Å². The molecule has 5 nitrogen and oxygen atoms in total. The molecular weight excluding hydrogens is 340 g/mol. The standard InChI is InChI=1S/C22H22N2O3/c25-22(13-16-14-23-18-5-2-1-4-17(16)18)24-9-3-6-19(24)15-7-8-20-21(12-15)27-11-10-26-20/h1-2,4-5,7-8,12,14,19,23H,3,6,9-11,13H2/t19-/m0/s1. The van der Waals surface area contributed by atoms with Crippen molar-refractivity contribution < 1.29 is 14.3 Å². The van der Waals surface area contributed by atoms with Gasteiger partial charge in [0.1, 0.15) is 13.2 Å². The number of fused-ring (bicyclic) bond motifs is 2. The summed E-state index contributed by atoms with van der Waals surface area (Å²) < 4.78 is 11.3. The minimum absolute atomic E-state index is 0.110. The number of aromatic nitrogens is 1. The lowest BCUT2D eigenvalue weighted by Crippen LogP contribution is -2.31. The first-order chi connectivity index (χ1) is 13.3. The summed E-state index contributed by atoms with van der Waals surface area (Å²) in [5.74, 6) is 1.76. The van der Waals surface area contributed by atoms with Crippen LogP contribution in [0.5, 0.6) is 11.5 Å². The Kier molecular flexibility index (Phi) is 4.00. The second-order valence-electron chi connectivity index (χ2n) is 7.18. The molecule has 1 amide bonds. The maximum Gasteiger partial charge on any atom is 0.227 e. The van der Waals surface area contributed by atoms with Gasteiger partial charge < -0.3 is 19.4 Å². The van der Waals surface area contributed by atoms with E-state index >= 15 is 0 Å². The lowest BCUT2D eigenvalue weighted by atomic mass is 10.0. The van der Waals surface area contributed by atoms with Crippen LogP contribution in [0.15, 0.2) is 48.7 Å². The van der Waals surface area contributed by atoms with E-state index in [0.717, 1.165) is 52.9 Å². The van der Waals surface area contributed by atoms with Gasteiger partial charge in [0.25, 0.3) is 0 Å². The molecule has 0 unspecified atom stereocenters. The molecule has 2 aromatic carbocycles. The van der Waals surface area contributed by atoms with E-state index in [0.29, 0.717) is 19.6 Å². The molecule has 2 aliphatic heterocycles. The monoisotopic (exact) mass is 362 g/mol. The van der Waals surface area contributed by atoms with Gasteiger partial charge in [-0.25, -0.2) is 0 Å². The van der Waals surface area contributed by atoms with Crippen LogP contribution in [0.1, 0.15) is 30.0 Å². The molecule has 27 heavy (non-hydrogen) atoms. The van der Waals surface area contributed by atoms with Crippen molar-refractivity contribution in [1.82, 2.24) is 9.88 Å². The minimum atomic E-state index is 0.110. The zero-order valence-corrected chi connectivity index (χ0v) is 15.1. The Morgan fingerprint density at radius 3 is 2.89 bits per heavy atom. The van der Waals surface area contributed by atoms with Crippen molar-refractivity contribution in [2.75, 3.05) is 19.8 Å². The summed E-state index contributed by atoms with van der Waals surface area (Å²) in [7, 11) is 0. The van der Waals surface area contributed by atoms with Crippen LogP contribution in [0.4, 0.5) is 0 Å². The zero-order valence-electron chi connectivity index (χ0n) is 15.1. The van der Waals surface area contributed by atoms with Crippen molar-refractivity contribution in [3.05, 3.63) is 59.8 Å². The molecule has 1 N–H and O–H groups in total. The molecular formula is C22H22N2O3. The molecule has 0 bridgehead atoms. The SMILES string of the molecule is O=C(Cc1c[nH]c2ccccc12)N1CCC[C@H]1c1ccc2c(c1)OCCO2. The predicted octanol–water partition coefficient (Wildman–Crippen LogP) is 3.85. The number of likely N-dealkylation sites (tertiary alicyclic amines) is 1. The molecule has 0 saturated carbocycles. The van der Waals surface area contributed by atoms with Crippen LogP contribution >= 0.6 is 0 Å². The zero-order chi connectivity index (χ0) is 18.2. The summed E-state index contributed by atoms with van der Waals surface area (Å²) in [6, 6.07) is 14.3. The van der Waals surface area contributed by atoms with E-state index in [2.05, 4.69) is 17.1 Å². The van der Waals surface area contributed by atoms with Gasteiger partial charge in [-0.2, -0.15) is 0 Å². The Morgan fingerprint density at radius 1 is 1.11 bits per heavy atom. The van der Waals surface area contributed by atoms with Gasteiger partial charge in [-0.1, -0.05) is 24.3 Å². The van der Waals surface area contributed by atoms with Crippen LogP contribution in [0, 0.1) is 0 Å². The molecule has 1 saturated heterocycles. The fourth-order valence-electron chi connectivity index (χ4n) is 4.22. The van der Waals surface area contributed by atoms with E-state index in [1.807, 2.05) is 41.4 Å². The molecule has 1 atom stereocenters. The fourth-order valence-corrected chi connectivity index (χ4v) is 4.22. The van der Waals surface area contributed by atoms with E-state index < -0.39 is 0 Å². The van der Waals surface area contributed by atoms with Crippen LogP contribution in [-0.4, -0.2) is 35.5 Å². The van der Waals surface area contributed by atoms with Crippen LogP contribution in [0.25, 0.3) is 10.9 Å². The number of benzene rings is 2. The maximum absolute atomic E-state index is 13.1. The number of amides is 1. The number of hydrogen-bond donors (Lipinski definition) is 1. The summed E-state index contributed by atoms with van der Waals surface area (Å²) in [5, 5.41) is 1.13. The summed E-state index contributed by atoms with van der Waals surface area (Å²) in [5.41, 5.74) is 3.26. The fraction of sp³-hybridized carbons (Fsp3) is 0.318. The van der Waals surface area contributed by atoms with Gasteiger partial charge in [-0.15, -0.1) is 0 Å². The maximum atomic E-state index is 13.1. The highest BCUT2D eigenvalue weighted by molar-refractivity contribution is 5.89. The van der Waals surface area contributed by atoms with Crippen molar-refractivity contribution in [3.63, 3.8) is 0 Å². The highest BCUT2D eigenvalue weighted by Crippen LogP contribution is 2.38. The first kappa shape index (κ1) is 16.2. The Bertz CT molecular complexity index is 994. The number of rotatable bonds is 3. The van der Waals surface area contributed by atoms with E-state index in [4.69, 9.17) is 9.47 Å². The van der Waals surface area contributed by atoms with Crippen molar-refractivity contribution in [2.24, 2.45) is 0 Å². The summed E-state index contributed by atoms with van der Waals surface area (Å²) in [6.07, 6.45) is 4.39. The number of carbonyl (C=O) groups excluding carboxylic acids is 1. The molecule has 3 aromatic rings. The smallest absolute Gasteiger partial charge is 0.227 e. The summed E-state index contributed by atoms with van der Waals surface area (Å²) >= 11 is 0. The van der Waals surface area contributed by atoms with Crippen molar-refractivity contribution >= 4 is 16.8 Å². The van der Waals surface area contributed by atoms with Gasteiger partial charge >= 0.3 is 0 Å². The number of aromatic amines is 1. The van der Waals surface area contributed by atoms with E-state index in [9.17, 15) is 4.79 Å². The van der Waals surface area contributed by atoms with Crippen LogP contribution in [0.3, 0.4) is 0 Å². The normalized spacial score (nSPS) is 18.8. The number of H-pyrrole nitrogens is 1.